The van der Waals surface area contributed by atoms with Gasteiger partial charge in [0.15, 0.2) is 23.0 Å². The van der Waals surface area contributed by atoms with Crippen molar-refractivity contribution >= 4 is 21.6 Å². The van der Waals surface area contributed by atoms with Gasteiger partial charge in [-0.25, -0.2) is 8.42 Å². The second-order valence-electron chi connectivity index (χ2n) is 6.97. The lowest BCUT2D eigenvalue weighted by molar-refractivity contribution is -0.122. The standard InChI is InChI=1S/C21H26N2O7S/c1-14(21(24)22-13-15-5-7-17(27-2)19(11-15)28-3)23(31(4,25)26)16-6-8-18-20(12-16)30-10-9-29-18/h5-8,11-12,14H,9-10,13H2,1-4H3,(H,22,24). The fourth-order valence-electron chi connectivity index (χ4n) is 3.31. The smallest absolute Gasteiger partial charge is 0.243 e. The Bertz CT molecular complexity index is 1060. The largest absolute Gasteiger partial charge is 0.493 e. The molecule has 0 bridgehead atoms. The topological polar surface area (TPSA) is 103 Å². The van der Waals surface area contributed by atoms with Crippen LogP contribution in [-0.4, -0.2) is 54.1 Å². The summed E-state index contributed by atoms with van der Waals surface area (Å²) in [7, 11) is -0.684. The Morgan fingerprint density at radius 2 is 1.74 bits per heavy atom. The number of sulfonamides is 1. The number of carbonyl (C=O) groups is 1. The van der Waals surface area contributed by atoms with E-state index in [0.29, 0.717) is 41.9 Å². The minimum absolute atomic E-state index is 0.197. The third-order valence-electron chi connectivity index (χ3n) is 4.78. The van der Waals surface area contributed by atoms with Gasteiger partial charge < -0.3 is 24.3 Å². The van der Waals surface area contributed by atoms with Crippen LogP contribution in [0.3, 0.4) is 0 Å². The lowest BCUT2D eigenvalue weighted by atomic mass is 10.2. The van der Waals surface area contributed by atoms with Crippen LogP contribution in [0.5, 0.6) is 23.0 Å². The maximum absolute atomic E-state index is 12.8. The Labute approximate surface area is 181 Å². The number of nitrogens with one attached hydrogen (secondary N) is 1. The van der Waals surface area contributed by atoms with Crippen molar-refractivity contribution in [3.63, 3.8) is 0 Å². The van der Waals surface area contributed by atoms with E-state index in [4.69, 9.17) is 18.9 Å². The van der Waals surface area contributed by atoms with Crippen LogP contribution in [0.25, 0.3) is 0 Å². The highest BCUT2D eigenvalue weighted by molar-refractivity contribution is 7.92. The van der Waals surface area contributed by atoms with E-state index in [2.05, 4.69) is 5.32 Å². The molecule has 9 nitrogen and oxygen atoms in total. The van der Waals surface area contributed by atoms with Gasteiger partial charge in [-0.1, -0.05) is 6.07 Å². The first-order valence-electron chi connectivity index (χ1n) is 9.62. The van der Waals surface area contributed by atoms with Crippen LogP contribution in [0.2, 0.25) is 0 Å². The number of benzene rings is 2. The number of carbonyl (C=O) groups excluding carboxylic acids is 1. The van der Waals surface area contributed by atoms with E-state index in [-0.39, 0.29) is 6.54 Å². The number of rotatable bonds is 8. The normalized spacial score (nSPS) is 13.8. The quantitative estimate of drug-likeness (QED) is 0.656. The highest BCUT2D eigenvalue weighted by Crippen LogP contribution is 2.35. The third kappa shape index (κ3) is 5.13. The predicted octanol–water partition coefficient (Wildman–Crippen LogP) is 1.95. The third-order valence-corrected chi connectivity index (χ3v) is 6.03. The summed E-state index contributed by atoms with van der Waals surface area (Å²) in [6, 6.07) is 9.08. The highest BCUT2D eigenvalue weighted by atomic mass is 32.2. The summed E-state index contributed by atoms with van der Waals surface area (Å²) in [5.74, 6) is 1.64. The summed E-state index contributed by atoms with van der Waals surface area (Å²) in [6.45, 7) is 2.53. The highest BCUT2D eigenvalue weighted by Gasteiger charge is 2.30. The number of amides is 1. The monoisotopic (exact) mass is 450 g/mol. The molecular formula is C21H26N2O7S. The molecule has 0 spiro atoms. The second-order valence-corrected chi connectivity index (χ2v) is 8.83. The number of methoxy groups -OCH3 is 2. The molecule has 2 aromatic carbocycles. The van der Waals surface area contributed by atoms with Crippen LogP contribution in [0.1, 0.15) is 12.5 Å². The van der Waals surface area contributed by atoms with Gasteiger partial charge in [0.1, 0.15) is 19.3 Å². The van der Waals surface area contributed by atoms with Gasteiger partial charge in [0, 0.05) is 12.6 Å². The van der Waals surface area contributed by atoms with Gasteiger partial charge in [-0.3, -0.25) is 9.10 Å². The SMILES string of the molecule is COc1ccc(CNC(=O)C(C)N(c2ccc3c(c2)OCCO3)S(C)(=O)=O)cc1OC. The molecule has 1 aliphatic rings. The summed E-state index contributed by atoms with van der Waals surface area (Å²) in [6.07, 6.45) is 1.06. The number of anilines is 1. The Morgan fingerprint density at radius 1 is 1.06 bits per heavy atom. The van der Waals surface area contributed by atoms with Crippen molar-refractivity contribution in [3.05, 3.63) is 42.0 Å². The zero-order chi connectivity index (χ0) is 22.6. The van der Waals surface area contributed by atoms with E-state index in [0.717, 1.165) is 16.1 Å². The minimum Gasteiger partial charge on any atom is -0.493 e. The van der Waals surface area contributed by atoms with Crippen molar-refractivity contribution in [1.82, 2.24) is 5.32 Å². The number of ether oxygens (including phenoxy) is 4. The minimum atomic E-state index is -3.75. The summed E-state index contributed by atoms with van der Waals surface area (Å²) < 4.78 is 47.6. The number of nitrogens with zero attached hydrogens (tertiary/aromatic N) is 1. The molecule has 168 valence electrons. The van der Waals surface area contributed by atoms with Crippen molar-refractivity contribution < 1.29 is 32.2 Å². The van der Waals surface area contributed by atoms with Crippen molar-refractivity contribution in [2.75, 3.05) is 38.0 Å². The average molecular weight is 451 g/mol. The van der Waals surface area contributed by atoms with Gasteiger partial charge in [0.2, 0.25) is 15.9 Å². The Balaban J connectivity index is 1.78. The molecule has 1 aliphatic heterocycles. The van der Waals surface area contributed by atoms with Crippen molar-refractivity contribution in [2.24, 2.45) is 0 Å². The van der Waals surface area contributed by atoms with Crippen LogP contribution in [0.15, 0.2) is 36.4 Å². The van der Waals surface area contributed by atoms with Crippen LogP contribution >= 0.6 is 0 Å². The molecule has 0 radical (unpaired) electrons. The first-order chi connectivity index (χ1) is 14.7. The van der Waals surface area contributed by atoms with E-state index in [1.807, 2.05) is 0 Å². The first-order valence-corrected chi connectivity index (χ1v) is 11.5. The molecule has 1 atom stereocenters. The van der Waals surface area contributed by atoms with Crippen LogP contribution in [-0.2, 0) is 21.4 Å². The summed E-state index contributed by atoms with van der Waals surface area (Å²) in [4.78, 5) is 12.8. The molecule has 2 aromatic rings. The number of hydrogen-bond donors (Lipinski definition) is 1. The van der Waals surface area contributed by atoms with Gasteiger partial charge in [0.25, 0.3) is 0 Å². The molecule has 1 amide bonds. The van der Waals surface area contributed by atoms with Gasteiger partial charge >= 0.3 is 0 Å². The zero-order valence-corrected chi connectivity index (χ0v) is 18.7. The van der Waals surface area contributed by atoms with Gasteiger partial charge in [0.05, 0.1) is 26.2 Å². The van der Waals surface area contributed by atoms with E-state index in [1.54, 1.807) is 43.5 Å². The molecule has 1 unspecified atom stereocenters. The predicted molar refractivity (Wildman–Crippen MR) is 116 cm³/mol. The molecule has 1 N–H and O–H groups in total. The van der Waals surface area contributed by atoms with E-state index in [1.165, 1.54) is 14.0 Å². The maximum atomic E-state index is 12.8. The summed E-state index contributed by atoms with van der Waals surface area (Å²) in [5, 5.41) is 2.77. The zero-order valence-electron chi connectivity index (χ0n) is 17.9. The lowest BCUT2D eigenvalue weighted by Crippen LogP contribution is -2.47. The molecule has 0 aliphatic carbocycles. The van der Waals surface area contributed by atoms with Gasteiger partial charge in [-0.15, -0.1) is 0 Å². The molecule has 3 rings (SSSR count). The van der Waals surface area contributed by atoms with Crippen LogP contribution in [0, 0.1) is 0 Å². The van der Waals surface area contributed by atoms with Gasteiger partial charge in [-0.05, 0) is 36.8 Å². The first kappa shape index (κ1) is 22.5. The Hall–Kier alpha value is -3.14. The average Bonchev–Trinajstić information content (AvgIpc) is 2.76. The molecule has 0 saturated carbocycles. The molecule has 0 saturated heterocycles. The maximum Gasteiger partial charge on any atom is 0.243 e. The Morgan fingerprint density at radius 3 is 2.39 bits per heavy atom. The lowest BCUT2D eigenvalue weighted by Gasteiger charge is -2.29. The molecule has 0 fully saturated rings. The van der Waals surface area contributed by atoms with E-state index >= 15 is 0 Å². The molecule has 10 heteroatoms. The fraction of sp³-hybridized carbons (Fsp3) is 0.381. The second kappa shape index (κ2) is 9.34. The summed E-state index contributed by atoms with van der Waals surface area (Å²) >= 11 is 0. The van der Waals surface area contributed by atoms with Gasteiger partial charge in [-0.2, -0.15) is 0 Å². The van der Waals surface area contributed by atoms with E-state index in [9.17, 15) is 13.2 Å². The van der Waals surface area contributed by atoms with Crippen molar-refractivity contribution in [3.8, 4) is 23.0 Å². The molecule has 31 heavy (non-hydrogen) atoms. The molecular weight excluding hydrogens is 424 g/mol. The van der Waals surface area contributed by atoms with Crippen molar-refractivity contribution in [2.45, 2.75) is 19.5 Å². The van der Waals surface area contributed by atoms with Crippen molar-refractivity contribution in [1.29, 1.82) is 0 Å². The van der Waals surface area contributed by atoms with Crippen LogP contribution < -0.4 is 28.6 Å². The molecule has 1 heterocycles. The number of hydrogen-bond acceptors (Lipinski definition) is 7. The van der Waals surface area contributed by atoms with E-state index < -0.39 is 22.0 Å². The summed E-state index contributed by atoms with van der Waals surface area (Å²) in [5.41, 5.74) is 1.10. The Kier molecular flexibility index (Phi) is 6.79. The fourth-order valence-corrected chi connectivity index (χ4v) is 4.47. The molecule has 0 aromatic heterocycles. The van der Waals surface area contributed by atoms with Crippen LogP contribution in [0.4, 0.5) is 5.69 Å². The number of fused-ring (bicyclic) bond motifs is 1.